The Morgan fingerprint density at radius 1 is 0.955 bits per heavy atom. The van der Waals surface area contributed by atoms with Gasteiger partial charge in [0.15, 0.2) is 5.78 Å². The Bertz CT molecular complexity index is 651. The van der Waals surface area contributed by atoms with E-state index in [2.05, 4.69) is 0 Å². The Kier molecular flexibility index (Phi) is 5.67. The van der Waals surface area contributed by atoms with Gasteiger partial charge in [0.1, 0.15) is 12.4 Å². The molecule has 0 heterocycles. The zero-order valence-corrected chi connectivity index (χ0v) is 12.5. The van der Waals surface area contributed by atoms with Crippen LogP contribution < -0.4 is 0 Å². The molecule has 0 radical (unpaired) electrons. The highest BCUT2D eigenvalue weighted by Gasteiger charge is 2.10. The van der Waals surface area contributed by atoms with Gasteiger partial charge in [0.05, 0.1) is 6.42 Å². The monoisotopic (exact) mass is 320 g/mol. The number of hydrogen-bond donors (Lipinski definition) is 0. The maximum absolute atomic E-state index is 12.7. The number of carbonyl (C=O) groups is 2. The third kappa shape index (κ3) is 4.97. The van der Waals surface area contributed by atoms with Crippen LogP contribution in [0.5, 0.6) is 0 Å². The number of ether oxygens (including phenoxy) is 1. The molecule has 22 heavy (non-hydrogen) atoms. The number of ketones is 1. The minimum atomic E-state index is -0.466. The Labute approximate surface area is 132 Å². The first-order valence-corrected chi connectivity index (χ1v) is 7.11. The maximum atomic E-state index is 12.7. The Hall–Kier alpha value is -2.20. The molecule has 0 aliphatic rings. The van der Waals surface area contributed by atoms with Gasteiger partial charge in [-0.3, -0.25) is 9.59 Å². The van der Waals surface area contributed by atoms with Gasteiger partial charge < -0.3 is 4.74 Å². The largest absolute Gasteiger partial charge is 0.461 e. The van der Waals surface area contributed by atoms with Gasteiger partial charge in [-0.15, -0.1) is 0 Å². The summed E-state index contributed by atoms with van der Waals surface area (Å²) in [6.07, 6.45) is 0.0759. The van der Waals surface area contributed by atoms with Crippen LogP contribution in [0.4, 0.5) is 4.39 Å². The molecule has 0 atom stereocenters. The summed E-state index contributed by atoms with van der Waals surface area (Å²) in [6, 6.07) is 12.2. The average molecular weight is 321 g/mol. The van der Waals surface area contributed by atoms with Crippen LogP contribution in [0.15, 0.2) is 48.5 Å². The highest BCUT2D eigenvalue weighted by Crippen LogP contribution is 2.12. The summed E-state index contributed by atoms with van der Waals surface area (Å²) in [6.45, 7) is 0.0637. The third-order valence-corrected chi connectivity index (χ3v) is 3.29. The van der Waals surface area contributed by atoms with Gasteiger partial charge in [-0.1, -0.05) is 23.7 Å². The van der Waals surface area contributed by atoms with Gasteiger partial charge in [0, 0.05) is 17.0 Å². The van der Waals surface area contributed by atoms with E-state index in [1.165, 1.54) is 12.1 Å². The lowest BCUT2D eigenvalue weighted by Crippen LogP contribution is -2.08. The maximum Gasteiger partial charge on any atom is 0.306 e. The SMILES string of the molecule is O=C(CCC(=O)c1ccc(Cl)cc1)OCc1ccc(F)cc1. The molecule has 0 fully saturated rings. The van der Waals surface area contributed by atoms with Crippen molar-refractivity contribution in [3.8, 4) is 0 Å². The number of halogens is 2. The molecule has 5 heteroatoms. The van der Waals surface area contributed by atoms with Crippen molar-refractivity contribution < 1.29 is 18.7 Å². The fraction of sp³-hybridized carbons (Fsp3) is 0.176. The van der Waals surface area contributed by atoms with Crippen molar-refractivity contribution in [3.63, 3.8) is 0 Å². The van der Waals surface area contributed by atoms with Gasteiger partial charge in [0.25, 0.3) is 0 Å². The predicted octanol–water partition coefficient (Wildman–Crippen LogP) is 4.19. The van der Waals surface area contributed by atoms with Crippen molar-refractivity contribution in [2.24, 2.45) is 0 Å². The normalized spacial score (nSPS) is 10.3. The predicted molar refractivity (Wildman–Crippen MR) is 81.2 cm³/mol. The van der Waals surface area contributed by atoms with Gasteiger partial charge in [-0.05, 0) is 42.0 Å². The molecule has 2 aromatic carbocycles. The average Bonchev–Trinajstić information content (AvgIpc) is 2.52. The Morgan fingerprint density at radius 2 is 1.59 bits per heavy atom. The van der Waals surface area contributed by atoms with E-state index in [0.717, 1.165) is 0 Å². The molecule has 0 amide bonds. The standard InChI is InChI=1S/C17H14ClFO3/c18-14-5-3-13(4-6-14)16(20)9-10-17(21)22-11-12-1-7-15(19)8-2-12/h1-8H,9-11H2. The minimum absolute atomic E-state index is 0.00263. The van der Waals surface area contributed by atoms with E-state index in [4.69, 9.17) is 16.3 Å². The van der Waals surface area contributed by atoms with Crippen molar-refractivity contribution >= 4 is 23.4 Å². The number of carbonyl (C=O) groups excluding carboxylic acids is 2. The van der Waals surface area contributed by atoms with E-state index in [9.17, 15) is 14.0 Å². The van der Waals surface area contributed by atoms with Gasteiger partial charge >= 0.3 is 5.97 Å². The van der Waals surface area contributed by atoms with Crippen molar-refractivity contribution in [2.45, 2.75) is 19.4 Å². The van der Waals surface area contributed by atoms with Crippen LogP contribution in [0.2, 0.25) is 5.02 Å². The number of hydrogen-bond acceptors (Lipinski definition) is 3. The highest BCUT2D eigenvalue weighted by atomic mass is 35.5. The Balaban J connectivity index is 1.76. The van der Waals surface area contributed by atoms with Crippen molar-refractivity contribution in [1.29, 1.82) is 0 Å². The summed E-state index contributed by atoms with van der Waals surface area (Å²) in [5.41, 5.74) is 1.20. The zero-order chi connectivity index (χ0) is 15.9. The first kappa shape index (κ1) is 16.2. The van der Waals surface area contributed by atoms with Crippen LogP contribution in [0.1, 0.15) is 28.8 Å². The molecular formula is C17H14ClFO3. The molecule has 0 aromatic heterocycles. The number of Topliss-reactive ketones (excluding diaryl/α,β-unsaturated/α-hetero) is 1. The smallest absolute Gasteiger partial charge is 0.306 e. The molecular weight excluding hydrogens is 307 g/mol. The first-order chi connectivity index (χ1) is 10.5. The molecule has 2 aromatic rings. The molecule has 0 bridgehead atoms. The van der Waals surface area contributed by atoms with Crippen molar-refractivity contribution in [1.82, 2.24) is 0 Å². The molecule has 0 N–H and O–H groups in total. The van der Waals surface area contributed by atoms with Crippen LogP contribution in [0.25, 0.3) is 0 Å². The summed E-state index contributed by atoms with van der Waals surface area (Å²) < 4.78 is 17.8. The van der Waals surface area contributed by atoms with Crippen LogP contribution in [-0.2, 0) is 16.1 Å². The lowest BCUT2D eigenvalue weighted by Gasteiger charge is -2.05. The molecule has 0 saturated carbocycles. The van der Waals surface area contributed by atoms with E-state index in [1.54, 1.807) is 36.4 Å². The second-order valence-electron chi connectivity index (χ2n) is 4.72. The molecule has 0 unspecified atom stereocenters. The van der Waals surface area contributed by atoms with Gasteiger partial charge in [-0.25, -0.2) is 4.39 Å². The lowest BCUT2D eigenvalue weighted by atomic mass is 10.1. The zero-order valence-electron chi connectivity index (χ0n) is 11.7. The second-order valence-corrected chi connectivity index (χ2v) is 5.15. The van der Waals surface area contributed by atoms with Crippen LogP contribution in [0.3, 0.4) is 0 Å². The fourth-order valence-electron chi connectivity index (χ4n) is 1.81. The molecule has 0 aliphatic heterocycles. The lowest BCUT2D eigenvalue weighted by molar-refractivity contribution is -0.144. The van der Waals surface area contributed by atoms with Crippen LogP contribution >= 0.6 is 11.6 Å². The molecule has 0 spiro atoms. The summed E-state index contributed by atoms with van der Waals surface area (Å²) in [7, 11) is 0. The number of benzene rings is 2. The molecule has 2 rings (SSSR count). The number of rotatable bonds is 6. The number of esters is 1. The second kappa shape index (κ2) is 7.71. The fourth-order valence-corrected chi connectivity index (χ4v) is 1.94. The van der Waals surface area contributed by atoms with E-state index in [-0.39, 0.29) is 31.0 Å². The van der Waals surface area contributed by atoms with Gasteiger partial charge in [-0.2, -0.15) is 0 Å². The minimum Gasteiger partial charge on any atom is -0.461 e. The molecule has 114 valence electrons. The van der Waals surface area contributed by atoms with E-state index in [1.807, 2.05) is 0 Å². The van der Waals surface area contributed by atoms with Gasteiger partial charge in [0.2, 0.25) is 0 Å². The van der Waals surface area contributed by atoms with Crippen molar-refractivity contribution in [3.05, 3.63) is 70.5 Å². The summed E-state index contributed by atoms with van der Waals surface area (Å²) >= 11 is 5.74. The first-order valence-electron chi connectivity index (χ1n) is 6.73. The topological polar surface area (TPSA) is 43.4 Å². The van der Waals surface area contributed by atoms with E-state index in [0.29, 0.717) is 16.1 Å². The van der Waals surface area contributed by atoms with Crippen molar-refractivity contribution in [2.75, 3.05) is 0 Å². The molecule has 0 aliphatic carbocycles. The highest BCUT2D eigenvalue weighted by molar-refractivity contribution is 6.30. The summed E-state index contributed by atoms with van der Waals surface area (Å²) in [5.74, 6) is -0.953. The third-order valence-electron chi connectivity index (χ3n) is 3.04. The summed E-state index contributed by atoms with van der Waals surface area (Å²) in [5, 5.41) is 0.551. The van der Waals surface area contributed by atoms with E-state index < -0.39 is 5.97 Å². The Morgan fingerprint density at radius 3 is 2.23 bits per heavy atom. The summed E-state index contributed by atoms with van der Waals surface area (Å²) in [4.78, 5) is 23.5. The quantitative estimate of drug-likeness (QED) is 0.592. The van der Waals surface area contributed by atoms with Crippen LogP contribution in [-0.4, -0.2) is 11.8 Å². The molecule has 0 saturated heterocycles. The van der Waals surface area contributed by atoms with E-state index >= 15 is 0 Å². The van der Waals surface area contributed by atoms with Crippen LogP contribution in [0, 0.1) is 5.82 Å². The molecule has 3 nitrogen and oxygen atoms in total.